The second kappa shape index (κ2) is 10.1. The van der Waals surface area contributed by atoms with Crippen LogP contribution in [-0.4, -0.2) is 42.9 Å². The summed E-state index contributed by atoms with van der Waals surface area (Å²) in [6.45, 7) is 5.39. The van der Waals surface area contributed by atoms with Crippen LogP contribution in [0, 0.1) is 0 Å². The van der Waals surface area contributed by atoms with E-state index in [1.807, 2.05) is 36.4 Å². The Labute approximate surface area is 195 Å². The molecule has 1 aliphatic carbocycles. The van der Waals surface area contributed by atoms with E-state index >= 15 is 0 Å². The Balaban J connectivity index is 1.18. The number of carbonyl (C=O) groups excluding carboxylic acids is 2. The van der Waals surface area contributed by atoms with Crippen molar-refractivity contribution < 1.29 is 9.59 Å². The molecule has 32 heavy (non-hydrogen) atoms. The molecular formula is C26H32ClN3O2. The van der Waals surface area contributed by atoms with E-state index in [9.17, 15) is 9.59 Å². The third-order valence-electron chi connectivity index (χ3n) is 6.78. The molecule has 1 aliphatic heterocycles. The largest absolute Gasteiger partial charge is 0.355 e. The Morgan fingerprint density at radius 3 is 2.47 bits per heavy atom. The molecule has 2 aromatic rings. The summed E-state index contributed by atoms with van der Waals surface area (Å²) in [5.74, 6) is 0.649. The molecule has 0 unspecified atom stereocenters. The van der Waals surface area contributed by atoms with E-state index in [1.165, 1.54) is 12.5 Å². The van der Waals surface area contributed by atoms with E-state index < -0.39 is 0 Å². The lowest BCUT2D eigenvalue weighted by Gasteiger charge is -2.32. The van der Waals surface area contributed by atoms with Crippen LogP contribution in [0.1, 0.15) is 56.1 Å². The number of anilines is 1. The highest BCUT2D eigenvalue weighted by Gasteiger charge is 2.50. The average Bonchev–Trinajstić information content (AvgIpc) is 3.59. The Kier molecular flexibility index (Phi) is 7.17. The smallest absolute Gasteiger partial charge is 0.230 e. The molecule has 2 amide bonds. The lowest BCUT2D eigenvalue weighted by molar-refractivity contribution is -0.123. The van der Waals surface area contributed by atoms with Crippen LogP contribution >= 0.6 is 11.6 Å². The van der Waals surface area contributed by atoms with Gasteiger partial charge in [-0.15, -0.1) is 0 Å². The number of likely N-dealkylation sites (tertiary alicyclic amines) is 1. The maximum Gasteiger partial charge on any atom is 0.230 e. The SMILES string of the molecule is CC(=O)Nc1cccc(C2CCN(CCCNC(=O)C3(c4ccc(Cl)cc4)CC3)CC2)c1. The van der Waals surface area contributed by atoms with E-state index in [1.54, 1.807) is 0 Å². The van der Waals surface area contributed by atoms with Crippen LogP contribution in [0.5, 0.6) is 0 Å². The zero-order valence-electron chi connectivity index (χ0n) is 18.7. The molecule has 0 aromatic heterocycles. The normalized spacial score (nSPS) is 18.2. The highest BCUT2D eigenvalue weighted by Crippen LogP contribution is 2.48. The summed E-state index contributed by atoms with van der Waals surface area (Å²) in [7, 11) is 0. The van der Waals surface area contributed by atoms with Crippen molar-refractivity contribution in [3.63, 3.8) is 0 Å². The molecule has 2 aromatic carbocycles. The Morgan fingerprint density at radius 2 is 1.81 bits per heavy atom. The highest BCUT2D eigenvalue weighted by molar-refractivity contribution is 6.30. The number of carbonyl (C=O) groups is 2. The van der Waals surface area contributed by atoms with E-state index in [2.05, 4.69) is 27.7 Å². The lowest BCUT2D eigenvalue weighted by atomic mass is 9.89. The number of rotatable bonds is 8. The minimum Gasteiger partial charge on any atom is -0.355 e. The minimum absolute atomic E-state index is 0.0372. The number of amides is 2. The van der Waals surface area contributed by atoms with E-state index in [0.717, 1.165) is 63.0 Å². The molecule has 4 rings (SSSR count). The van der Waals surface area contributed by atoms with Crippen LogP contribution in [0.15, 0.2) is 48.5 Å². The predicted molar refractivity (Wildman–Crippen MR) is 129 cm³/mol. The summed E-state index contributed by atoms with van der Waals surface area (Å²) in [4.78, 5) is 26.6. The van der Waals surface area contributed by atoms with Gasteiger partial charge in [-0.3, -0.25) is 9.59 Å². The quantitative estimate of drug-likeness (QED) is 0.569. The van der Waals surface area contributed by atoms with Crippen molar-refractivity contribution in [1.82, 2.24) is 10.2 Å². The molecule has 1 heterocycles. The van der Waals surface area contributed by atoms with Gasteiger partial charge < -0.3 is 15.5 Å². The van der Waals surface area contributed by atoms with Crippen LogP contribution in [0.25, 0.3) is 0 Å². The summed E-state index contributed by atoms with van der Waals surface area (Å²) in [6.07, 6.45) is 5.03. The van der Waals surface area contributed by atoms with Gasteiger partial charge in [-0.1, -0.05) is 35.9 Å². The maximum atomic E-state index is 12.8. The molecule has 1 saturated heterocycles. The summed E-state index contributed by atoms with van der Waals surface area (Å²) in [6, 6.07) is 15.9. The van der Waals surface area contributed by atoms with E-state index in [0.29, 0.717) is 17.5 Å². The van der Waals surface area contributed by atoms with Crippen molar-refractivity contribution in [3.8, 4) is 0 Å². The Hall–Kier alpha value is -2.37. The number of halogens is 1. The van der Waals surface area contributed by atoms with Gasteiger partial charge in [-0.25, -0.2) is 0 Å². The van der Waals surface area contributed by atoms with Crippen molar-refractivity contribution in [2.45, 2.75) is 50.4 Å². The molecule has 2 N–H and O–H groups in total. The fourth-order valence-corrected chi connectivity index (χ4v) is 4.90. The molecule has 6 heteroatoms. The van der Waals surface area contributed by atoms with Gasteiger partial charge in [0.05, 0.1) is 5.41 Å². The number of hydrogen-bond donors (Lipinski definition) is 2. The lowest BCUT2D eigenvalue weighted by Crippen LogP contribution is -2.38. The predicted octanol–water partition coefficient (Wildman–Crippen LogP) is 4.72. The highest BCUT2D eigenvalue weighted by atomic mass is 35.5. The topological polar surface area (TPSA) is 61.4 Å². The third-order valence-corrected chi connectivity index (χ3v) is 7.04. The van der Waals surface area contributed by atoms with E-state index in [4.69, 9.17) is 11.6 Å². The Bertz CT molecular complexity index is 948. The van der Waals surface area contributed by atoms with E-state index in [-0.39, 0.29) is 17.2 Å². The minimum atomic E-state index is -0.339. The van der Waals surface area contributed by atoms with Gasteiger partial charge >= 0.3 is 0 Å². The van der Waals surface area contributed by atoms with Gasteiger partial charge in [-0.2, -0.15) is 0 Å². The van der Waals surface area contributed by atoms with Crippen LogP contribution in [0.4, 0.5) is 5.69 Å². The molecule has 1 saturated carbocycles. The van der Waals surface area contributed by atoms with Crippen LogP contribution in [0.3, 0.4) is 0 Å². The van der Waals surface area contributed by atoms with Crippen LogP contribution < -0.4 is 10.6 Å². The summed E-state index contributed by atoms with van der Waals surface area (Å²) >= 11 is 5.99. The first-order valence-electron chi connectivity index (χ1n) is 11.6. The first kappa shape index (κ1) is 22.8. The van der Waals surface area contributed by atoms with Crippen molar-refractivity contribution in [2.75, 3.05) is 31.5 Å². The monoisotopic (exact) mass is 453 g/mol. The summed E-state index contributed by atoms with van der Waals surface area (Å²) in [5, 5.41) is 6.74. The number of benzene rings is 2. The van der Waals surface area contributed by atoms with Gasteiger partial charge in [0.25, 0.3) is 0 Å². The average molecular weight is 454 g/mol. The molecule has 0 atom stereocenters. The summed E-state index contributed by atoms with van der Waals surface area (Å²) < 4.78 is 0. The zero-order valence-corrected chi connectivity index (χ0v) is 19.5. The van der Waals surface area contributed by atoms with Gasteiger partial charge in [-0.05, 0) is 93.0 Å². The molecular weight excluding hydrogens is 422 g/mol. The fourth-order valence-electron chi connectivity index (χ4n) is 4.78. The van der Waals surface area contributed by atoms with Crippen molar-refractivity contribution in [1.29, 1.82) is 0 Å². The number of piperidine rings is 1. The molecule has 2 fully saturated rings. The third kappa shape index (κ3) is 5.51. The zero-order chi connectivity index (χ0) is 22.6. The van der Waals surface area contributed by atoms with Crippen molar-refractivity contribution >= 4 is 29.1 Å². The molecule has 170 valence electrons. The fraction of sp³-hybridized carbons (Fsp3) is 0.462. The van der Waals surface area contributed by atoms with Gasteiger partial charge in [0.1, 0.15) is 0 Å². The first-order chi connectivity index (χ1) is 15.5. The second-order valence-corrected chi connectivity index (χ2v) is 9.56. The maximum absolute atomic E-state index is 12.8. The van der Waals surface area contributed by atoms with Crippen LogP contribution in [0.2, 0.25) is 5.02 Å². The standard InChI is InChI=1S/C26H32ClN3O2/c1-19(31)29-24-5-2-4-21(18-24)20-10-16-30(17-11-20)15-3-14-28-25(32)26(12-13-26)22-6-8-23(27)9-7-22/h2,4-9,18,20H,3,10-17H2,1H3,(H,28,32)(H,29,31). The molecule has 2 aliphatic rings. The van der Waals surface area contributed by atoms with Gasteiger partial charge in [0.15, 0.2) is 0 Å². The Morgan fingerprint density at radius 1 is 1.09 bits per heavy atom. The van der Waals surface area contributed by atoms with Crippen molar-refractivity contribution in [2.24, 2.45) is 0 Å². The van der Waals surface area contributed by atoms with Crippen LogP contribution in [-0.2, 0) is 15.0 Å². The second-order valence-electron chi connectivity index (χ2n) is 9.12. The number of hydrogen-bond acceptors (Lipinski definition) is 3. The first-order valence-corrected chi connectivity index (χ1v) is 12.0. The molecule has 0 spiro atoms. The molecule has 0 bridgehead atoms. The molecule has 0 radical (unpaired) electrons. The van der Waals surface area contributed by atoms with Crippen molar-refractivity contribution in [3.05, 3.63) is 64.7 Å². The van der Waals surface area contributed by atoms with Gasteiger partial charge in [0, 0.05) is 24.2 Å². The van der Waals surface area contributed by atoms with Gasteiger partial charge in [0.2, 0.25) is 11.8 Å². The summed E-state index contributed by atoms with van der Waals surface area (Å²) in [5.41, 5.74) is 2.92. The number of nitrogens with one attached hydrogen (secondary N) is 2. The molecule has 5 nitrogen and oxygen atoms in total. The number of nitrogens with zero attached hydrogens (tertiary/aromatic N) is 1.